The molecule has 2 aromatic carbocycles. The summed E-state index contributed by atoms with van der Waals surface area (Å²) in [5.74, 6) is 0.731. The van der Waals surface area contributed by atoms with Crippen LogP contribution >= 0.6 is 0 Å². The van der Waals surface area contributed by atoms with Crippen molar-refractivity contribution >= 4 is 21.9 Å². The minimum atomic E-state index is -3.47. The maximum atomic E-state index is 11.8. The van der Waals surface area contributed by atoms with Gasteiger partial charge in [-0.25, -0.2) is 4.79 Å². The van der Waals surface area contributed by atoms with Crippen LogP contribution in [0.25, 0.3) is 0 Å². The Morgan fingerprint density at radius 3 is 2.21 bits per heavy atom. The molecular formula is C25H35NO7S. The fraction of sp³-hybridized carbons (Fsp3) is 0.480. The Bertz CT molecular complexity index is 997. The van der Waals surface area contributed by atoms with E-state index in [0.717, 1.165) is 23.1 Å². The van der Waals surface area contributed by atoms with E-state index < -0.39 is 21.8 Å². The van der Waals surface area contributed by atoms with Gasteiger partial charge in [-0.05, 0) is 63.1 Å². The maximum Gasteiger partial charge on any atom is 0.412 e. The van der Waals surface area contributed by atoms with E-state index in [2.05, 4.69) is 5.32 Å². The van der Waals surface area contributed by atoms with Crippen LogP contribution < -0.4 is 10.1 Å². The topological polar surface area (TPSA) is 100 Å². The summed E-state index contributed by atoms with van der Waals surface area (Å²) >= 11 is 0. The Hall–Kier alpha value is -2.62. The van der Waals surface area contributed by atoms with Crippen LogP contribution in [-0.4, -0.2) is 46.2 Å². The van der Waals surface area contributed by atoms with E-state index in [-0.39, 0.29) is 12.7 Å². The van der Waals surface area contributed by atoms with Crippen LogP contribution in [0.15, 0.2) is 48.5 Å². The van der Waals surface area contributed by atoms with Crippen LogP contribution in [-0.2, 0) is 30.2 Å². The molecule has 0 heterocycles. The van der Waals surface area contributed by atoms with Crippen molar-refractivity contribution in [3.63, 3.8) is 0 Å². The normalized spacial score (nSPS) is 12.7. The lowest BCUT2D eigenvalue weighted by molar-refractivity contribution is 0.0466. The summed E-state index contributed by atoms with van der Waals surface area (Å²) in [5.41, 5.74) is 2.13. The number of rotatable bonds is 12. The molecule has 188 valence electrons. The van der Waals surface area contributed by atoms with Crippen LogP contribution in [0.5, 0.6) is 5.75 Å². The number of hydrogen-bond acceptors (Lipinski definition) is 7. The Balaban J connectivity index is 1.82. The van der Waals surface area contributed by atoms with Crippen molar-refractivity contribution in [2.45, 2.75) is 52.2 Å². The average molecular weight is 494 g/mol. The Morgan fingerprint density at radius 1 is 1.00 bits per heavy atom. The second kappa shape index (κ2) is 12.7. The molecule has 0 bridgehead atoms. The number of anilines is 1. The molecule has 1 atom stereocenters. The zero-order valence-corrected chi connectivity index (χ0v) is 21.3. The van der Waals surface area contributed by atoms with E-state index >= 15 is 0 Å². The predicted molar refractivity (Wildman–Crippen MR) is 132 cm³/mol. The number of carbonyl (C=O) groups excluding carboxylic acids is 1. The van der Waals surface area contributed by atoms with Crippen molar-refractivity contribution in [1.82, 2.24) is 0 Å². The highest BCUT2D eigenvalue weighted by Gasteiger charge is 2.16. The van der Waals surface area contributed by atoms with Gasteiger partial charge in [0.2, 0.25) is 0 Å². The average Bonchev–Trinajstić information content (AvgIpc) is 2.73. The van der Waals surface area contributed by atoms with Crippen LogP contribution in [0.4, 0.5) is 10.5 Å². The summed E-state index contributed by atoms with van der Waals surface area (Å²) in [6.07, 6.45) is 1.43. The van der Waals surface area contributed by atoms with Gasteiger partial charge in [-0.3, -0.25) is 9.50 Å². The first-order valence-electron chi connectivity index (χ1n) is 11.2. The molecule has 1 unspecified atom stereocenters. The van der Waals surface area contributed by atoms with Gasteiger partial charge in [0.1, 0.15) is 11.4 Å². The summed E-state index contributed by atoms with van der Waals surface area (Å²) in [6.45, 7) is 8.41. The summed E-state index contributed by atoms with van der Waals surface area (Å²) in [7, 11) is -3.47. The van der Waals surface area contributed by atoms with Crippen molar-refractivity contribution in [2.75, 3.05) is 31.4 Å². The Labute approximate surface area is 202 Å². The fourth-order valence-corrected chi connectivity index (χ4v) is 3.49. The van der Waals surface area contributed by atoms with Gasteiger partial charge >= 0.3 is 6.09 Å². The number of ether oxygens (including phenoxy) is 3. The zero-order chi connectivity index (χ0) is 25.2. The monoisotopic (exact) mass is 493 g/mol. The van der Waals surface area contributed by atoms with E-state index in [1.54, 1.807) is 0 Å². The highest BCUT2D eigenvalue weighted by Crippen LogP contribution is 2.24. The molecule has 0 saturated heterocycles. The lowest BCUT2D eigenvalue weighted by Crippen LogP contribution is -2.27. The number of amides is 1. The summed E-state index contributed by atoms with van der Waals surface area (Å²) < 4.78 is 44.0. The predicted octanol–water partition coefficient (Wildman–Crippen LogP) is 5.10. The van der Waals surface area contributed by atoms with E-state index in [1.165, 1.54) is 0 Å². The van der Waals surface area contributed by atoms with Crippen molar-refractivity contribution < 1.29 is 31.6 Å². The van der Waals surface area contributed by atoms with Gasteiger partial charge < -0.3 is 14.2 Å². The summed E-state index contributed by atoms with van der Waals surface area (Å²) in [4.78, 5) is 11.8. The molecule has 0 radical (unpaired) electrons. The molecule has 0 aliphatic carbocycles. The minimum Gasteiger partial charge on any atom is -0.493 e. The standard InChI is InChI=1S/C25H35NO7S/c1-6-30-23(16-18-32-34(5,28)29)20-9-13-22(14-10-20)31-17-15-19-7-11-21(12-8-19)26-24(27)33-25(2,3)4/h7-14,23H,6,15-18H2,1-5H3,(H,26,27). The zero-order valence-electron chi connectivity index (χ0n) is 20.5. The number of hydrogen-bond donors (Lipinski definition) is 1. The highest BCUT2D eigenvalue weighted by molar-refractivity contribution is 7.85. The van der Waals surface area contributed by atoms with Crippen LogP contribution in [0.1, 0.15) is 51.3 Å². The summed E-state index contributed by atoms with van der Waals surface area (Å²) in [6, 6.07) is 15.1. The van der Waals surface area contributed by atoms with Crippen molar-refractivity contribution in [1.29, 1.82) is 0 Å². The third-order valence-electron chi connectivity index (χ3n) is 4.56. The SMILES string of the molecule is CCOC(CCOS(C)(=O)=O)c1ccc(OCCc2ccc(NC(=O)OC(C)(C)C)cc2)cc1. The first-order valence-corrected chi connectivity index (χ1v) is 13.0. The molecule has 0 saturated carbocycles. The summed E-state index contributed by atoms with van der Waals surface area (Å²) in [5, 5.41) is 2.71. The van der Waals surface area contributed by atoms with Crippen LogP contribution in [0, 0.1) is 0 Å². The van der Waals surface area contributed by atoms with E-state index in [1.807, 2.05) is 76.2 Å². The van der Waals surface area contributed by atoms with E-state index in [0.29, 0.717) is 31.7 Å². The molecule has 2 rings (SSSR count). The molecule has 0 aliphatic heterocycles. The molecule has 8 nitrogen and oxygen atoms in total. The molecule has 0 fully saturated rings. The van der Waals surface area contributed by atoms with Gasteiger partial charge in [-0.1, -0.05) is 24.3 Å². The smallest absolute Gasteiger partial charge is 0.412 e. The number of benzene rings is 2. The van der Waals surface area contributed by atoms with Crippen molar-refractivity contribution in [3.05, 3.63) is 59.7 Å². The quantitative estimate of drug-likeness (QED) is 0.411. The molecular weight excluding hydrogens is 458 g/mol. The van der Waals surface area contributed by atoms with E-state index in [4.69, 9.17) is 18.4 Å². The van der Waals surface area contributed by atoms with E-state index in [9.17, 15) is 13.2 Å². The minimum absolute atomic E-state index is 0.0633. The molecule has 34 heavy (non-hydrogen) atoms. The number of nitrogens with one attached hydrogen (secondary N) is 1. The van der Waals surface area contributed by atoms with Crippen LogP contribution in [0.3, 0.4) is 0 Å². The maximum absolute atomic E-state index is 11.8. The second-order valence-corrected chi connectivity index (χ2v) is 10.4. The largest absolute Gasteiger partial charge is 0.493 e. The van der Waals surface area contributed by atoms with Crippen molar-refractivity contribution in [3.8, 4) is 5.75 Å². The van der Waals surface area contributed by atoms with Gasteiger partial charge in [-0.15, -0.1) is 0 Å². The fourth-order valence-electron chi connectivity index (χ4n) is 3.10. The molecule has 1 amide bonds. The van der Waals surface area contributed by atoms with Gasteiger partial charge in [0.25, 0.3) is 10.1 Å². The lowest BCUT2D eigenvalue weighted by Gasteiger charge is -2.19. The van der Waals surface area contributed by atoms with Crippen molar-refractivity contribution in [2.24, 2.45) is 0 Å². The molecule has 0 aromatic heterocycles. The molecule has 1 N–H and O–H groups in total. The van der Waals surface area contributed by atoms with Crippen LogP contribution in [0.2, 0.25) is 0 Å². The molecule has 9 heteroatoms. The molecule has 0 spiro atoms. The third kappa shape index (κ3) is 11.0. The first kappa shape index (κ1) is 27.6. The Kier molecular flexibility index (Phi) is 10.3. The molecule has 2 aromatic rings. The van der Waals surface area contributed by atoms with Gasteiger partial charge in [0.15, 0.2) is 0 Å². The Morgan fingerprint density at radius 2 is 1.65 bits per heavy atom. The number of carbonyl (C=O) groups is 1. The lowest BCUT2D eigenvalue weighted by atomic mass is 10.1. The molecule has 0 aliphatic rings. The first-order chi connectivity index (χ1) is 15.9. The third-order valence-corrected chi connectivity index (χ3v) is 5.15. The van der Waals surface area contributed by atoms with Gasteiger partial charge in [0.05, 0.1) is 25.6 Å². The highest BCUT2D eigenvalue weighted by atomic mass is 32.2. The van der Waals surface area contributed by atoms with Gasteiger partial charge in [-0.2, -0.15) is 8.42 Å². The second-order valence-electron chi connectivity index (χ2n) is 8.75. The van der Waals surface area contributed by atoms with Gasteiger partial charge in [0, 0.05) is 25.1 Å².